The topological polar surface area (TPSA) is 114 Å². The summed E-state index contributed by atoms with van der Waals surface area (Å²) >= 11 is 5.73. The SMILES string of the molecule is CCOCCCC1CCC(C(=O)N(O)NS(=O)(=O)c2ccc(OCc3ccc(Cl)cc3F)cc2)CO1. The molecule has 12 heteroatoms. The van der Waals surface area contributed by atoms with Crippen LogP contribution in [0.3, 0.4) is 0 Å². The van der Waals surface area contributed by atoms with E-state index < -0.39 is 27.7 Å². The fraction of sp³-hybridized carbons (Fsp3) is 0.458. The molecule has 1 aliphatic rings. The predicted molar refractivity (Wildman–Crippen MR) is 129 cm³/mol. The predicted octanol–water partition coefficient (Wildman–Crippen LogP) is 4.08. The van der Waals surface area contributed by atoms with Crippen LogP contribution in [0.25, 0.3) is 0 Å². The van der Waals surface area contributed by atoms with Crippen LogP contribution in [0.2, 0.25) is 5.02 Å². The average Bonchev–Trinajstić information content (AvgIpc) is 2.86. The van der Waals surface area contributed by atoms with Gasteiger partial charge in [0.1, 0.15) is 18.2 Å². The number of hydrazine groups is 1. The maximum absolute atomic E-state index is 13.9. The van der Waals surface area contributed by atoms with Crippen molar-refractivity contribution in [3.63, 3.8) is 0 Å². The molecule has 3 rings (SSSR count). The highest BCUT2D eigenvalue weighted by Crippen LogP contribution is 2.24. The van der Waals surface area contributed by atoms with Gasteiger partial charge in [-0.3, -0.25) is 10.0 Å². The van der Waals surface area contributed by atoms with Gasteiger partial charge in [-0.2, -0.15) is 0 Å². The van der Waals surface area contributed by atoms with Gasteiger partial charge >= 0.3 is 0 Å². The molecule has 0 aliphatic carbocycles. The molecule has 2 N–H and O–H groups in total. The van der Waals surface area contributed by atoms with Crippen molar-refractivity contribution in [2.45, 2.75) is 50.2 Å². The van der Waals surface area contributed by atoms with Gasteiger partial charge in [0.25, 0.3) is 15.9 Å². The van der Waals surface area contributed by atoms with E-state index in [0.29, 0.717) is 31.8 Å². The van der Waals surface area contributed by atoms with E-state index in [0.717, 1.165) is 12.8 Å². The van der Waals surface area contributed by atoms with Gasteiger partial charge in [-0.1, -0.05) is 22.5 Å². The third-order valence-corrected chi connectivity index (χ3v) is 7.24. The number of nitrogens with one attached hydrogen (secondary N) is 1. The number of sulfonamides is 1. The van der Waals surface area contributed by atoms with E-state index in [9.17, 15) is 22.8 Å². The number of halogens is 2. The number of carbonyl (C=O) groups is 1. The quantitative estimate of drug-likeness (QED) is 0.235. The first-order valence-corrected chi connectivity index (χ1v) is 13.5. The van der Waals surface area contributed by atoms with E-state index in [1.54, 1.807) is 0 Å². The Bertz CT molecular complexity index is 1110. The number of amides is 1. The Morgan fingerprint density at radius 1 is 1.25 bits per heavy atom. The minimum Gasteiger partial charge on any atom is -0.489 e. The van der Waals surface area contributed by atoms with E-state index in [-0.39, 0.29) is 40.0 Å². The summed E-state index contributed by atoms with van der Waals surface area (Å²) in [4.78, 5) is 14.2. The summed E-state index contributed by atoms with van der Waals surface area (Å²) in [5.74, 6) is -1.67. The normalized spacial score (nSPS) is 18.1. The third-order valence-electron chi connectivity index (χ3n) is 5.70. The van der Waals surface area contributed by atoms with Gasteiger partial charge in [0.15, 0.2) is 0 Å². The Labute approximate surface area is 215 Å². The van der Waals surface area contributed by atoms with Gasteiger partial charge in [0.05, 0.1) is 23.5 Å². The van der Waals surface area contributed by atoms with Crippen LogP contribution in [-0.4, -0.2) is 50.6 Å². The highest BCUT2D eigenvalue weighted by Gasteiger charge is 2.32. The highest BCUT2D eigenvalue weighted by molar-refractivity contribution is 7.89. The molecule has 36 heavy (non-hydrogen) atoms. The summed E-state index contributed by atoms with van der Waals surface area (Å²) < 4.78 is 55.6. The van der Waals surface area contributed by atoms with Crippen LogP contribution >= 0.6 is 11.6 Å². The Balaban J connectivity index is 1.49. The standard InChI is InChI=1S/C24H30ClFN2O7S/c1-2-33-13-3-4-20-8-6-18(16-35-20)24(29)28(30)27-36(31,32)22-11-9-21(10-12-22)34-15-17-5-7-19(25)14-23(17)26/h5,7,9-12,14,18,20,27,30H,2-4,6,8,13,15-16H2,1H3. The summed E-state index contributed by atoms with van der Waals surface area (Å²) in [5, 5.41) is 10.4. The molecule has 2 aromatic rings. The fourth-order valence-corrected chi connectivity index (χ4v) is 4.76. The van der Waals surface area contributed by atoms with Crippen LogP contribution < -0.4 is 9.57 Å². The Morgan fingerprint density at radius 3 is 2.64 bits per heavy atom. The molecular formula is C24H30ClFN2O7S. The summed E-state index contributed by atoms with van der Waals surface area (Å²) in [6, 6.07) is 9.45. The summed E-state index contributed by atoms with van der Waals surface area (Å²) in [5.41, 5.74) is 0.288. The smallest absolute Gasteiger partial charge is 0.267 e. The van der Waals surface area contributed by atoms with Crippen molar-refractivity contribution in [1.29, 1.82) is 0 Å². The zero-order valence-corrected chi connectivity index (χ0v) is 21.4. The maximum atomic E-state index is 13.9. The Hall–Kier alpha value is -2.28. The van der Waals surface area contributed by atoms with Gasteiger partial charge in [0, 0.05) is 23.8 Å². The molecule has 198 valence electrons. The molecule has 1 aliphatic heterocycles. The van der Waals surface area contributed by atoms with Crippen molar-refractivity contribution in [2.24, 2.45) is 5.92 Å². The second kappa shape index (κ2) is 13.3. The van der Waals surface area contributed by atoms with Crippen molar-refractivity contribution in [2.75, 3.05) is 19.8 Å². The van der Waals surface area contributed by atoms with Crippen LogP contribution in [0.1, 0.15) is 38.2 Å². The van der Waals surface area contributed by atoms with Gasteiger partial charge < -0.3 is 14.2 Å². The average molecular weight is 545 g/mol. The van der Waals surface area contributed by atoms with Crippen molar-refractivity contribution in [3.8, 4) is 5.75 Å². The second-order valence-electron chi connectivity index (χ2n) is 8.31. The molecule has 1 amide bonds. The molecular weight excluding hydrogens is 515 g/mol. The van der Waals surface area contributed by atoms with E-state index >= 15 is 0 Å². The van der Waals surface area contributed by atoms with Crippen LogP contribution in [0.4, 0.5) is 4.39 Å². The first kappa shape index (κ1) is 28.3. The van der Waals surface area contributed by atoms with E-state index in [2.05, 4.69) is 0 Å². The minimum atomic E-state index is -4.25. The Morgan fingerprint density at radius 2 is 2.00 bits per heavy atom. The largest absolute Gasteiger partial charge is 0.489 e. The summed E-state index contributed by atoms with van der Waals surface area (Å²) in [7, 11) is -4.25. The number of ether oxygens (including phenoxy) is 3. The molecule has 0 saturated carbocycles. The number of rotatable bonds is 12. The van der Waals surface area contributed by atoms with Crippen LogP contribution in [0.5, 0.6) is 5.75 Å². The molecule has 0 radical (unpaired) electrons. The molecule has 1 heterocycles. The first-order chi connectivity index (χ1) is 17.2. The van der Waals surface area contributed by atoms with E-state index in [4.69, 9.17) is 25.8 Å². The molecule has 0 bridgehead atoms. The van der Waals surface area contributed by atoms with Gasteiger partial charge in [-0.25, -0.2) is 12.8 Å². The number of hydrogen-bond donors (Lipinski definition) is 2. The van der Waals surface area contributed by atoms with Crippen molar-refractivity contribution >= 4 is 27.5 Å². The van der Waals surface area contributed by atoms with Crippen molar-refractivity contribution in [1.82, 2.24) is 10.0 Å². The number of hydrogen-bond acceptors (Lipinski definition) is 7. The maximum Gasteiger partial charge on any atom is 0.267 e. The number of hydroxylamine groups is 1. The van der Waals surface area contributed by atoms with Gasteiger partial charge in [-0.15, -0.1) is 5.17 Å². The summed E-state index contributed by atoms with van der Waals surface area (Å²) in [6.45, 7) is 3.26. The highest BCUT2D eigenvalue weighted by atomic mass is 35.5. The second-order valence-corrected chi connectivity index (χ2v) is 10.4. The molecule has 2 atom stereocenters. The third kappa shape index (κ3) is 8.12. The molecule has 0 aromatic heterocycles. The van der Waals surface area contributed by atoms with Crippen LogP contribution in [0.15, 0.2) is 47.4 Å². The van der Waals surface area contributed by atoms with Gasteiger partial charge in [0.2, 0.25) is 0 Å². The molecule has 2 aromatic carbocycles. The molecule has 9 nitrogen and oxygen atoms in total. The molecule has 2 unspecified atom stereocenters. The van der Waals surface area contributed by atoms with Crippen LogP contribution in [0, 0.1) is 11.7 Å². The Kier molecular flexibility index (Phi) is 10.5. The lowest BCUT2D eigenvalue weighted by molar-refractivity contribution is -0.182. The lowest BCUT2D eigenvalue weighted by Crippen LogP contribution is -2.48. The monoisotopic (exact) mass is 544 g/mol. The van der Waals surface area contributed by atoms with E-state index in [1.807, 2.05) is 11.8 Å². The number of nitrogens with zero attached hydrogens (tertiary/aromatic N) is 1. The lowest BCUT2D eigenvalue weighted by atomic mass is 9.96. The van der Waals surface area contributed by atoms with Crippen LogP contribution in [-0.2, 0) is 30.9 Å². The summed E-state index contributed by atoms with van der Waals surface area (Å²) in [6.07, 6.45) is 2.77. The number of carbonyl (C=O) groups excluding carboxylic acids is 1. The van der Waals surface area contributed by atoms with E-state index in [1.165, 1.54) is 42.5 Å². The molecule has 1 saturated heterocycles. The lowest BCUT2D eigenvalue weighted by Gasteiger charge is -2.30. The van der Waals surface area contributed by atoms with Crippen molar-refractivity contribution in [3.05, 3.63) is 58.9 Å². The molecule has 0 spiro atoms. The molecule has 1 fully saturated rings. The fourth-order valence-electron chi connectivity index (χ4n) is 3.69. The first-order valence-electron chi connectivity index (χ1n) is 11.6. The zero-order chi connectivity index (χ0) is 26.1. The number of benzene rings is 2. The zero-order valence-electron chi connectivity index (χ0n) is 19.9. The minimum absolute atomic E-state index is 0.00744. The van der Waals surface area contributed by atoms with Crippen molar-refractivity contribution < 1.29 is 37.0 Å². The van der Waals surface area contributed by atoms with Gasteiger partial charge in [-0.05, 0) is 69.0 Å².